The lowest BCUT2D eigenvalue weighted by Crippen LogP contribution is -2.18. The van der Waals surface area contributed by atoms with E-state index in [0.29, 0.717) is 0 Å². The second-order valence-electron chi connectivity index (χ2n) is 3.95. The summed E-state index contributed by atoms with van der Waals surface area (Å²) < 4.78 is 5.34. The third kappa shape index (κ3) is 2.85. The van der Waals surface area contributed by atoms with E-state index in [1.807, 2.05) is 30.6 Å². The first-order valence-corrected chi connectivity index (χ1v) is 5.65. The minimum atomic E-state index is 0.237. The van der Waals surface area contributed by atoms with Gasteiger partial charge in [0.1, 0.15) is 5.75 Å². The molecule has 1 unspecified atom stereocenters. The normalized spacial score (nSPS) is 12.4. The number of hydrogen-bond donors (Lipinski definition) is 2. The number of nitrogens with one attached hydrogen (secondary N) is 2. The molecule has 0 aliphatic carbocycles. The molecule has 0 aliphatic rings. The maximum atomic E-state index is 5.34. The summed E-state index contributed by atoms with van der Waals surface area (Å²) in [5.74, 6) is 0.916. The topological polar surface area (TPSA) is 49.9 Å². The molecule has 2 N–H and O–H groups in total. The molecular formula is C13H17N3O. The van der Waals surface area contributed by atoms with Gasteiger partial charge in [-0.25, -0.2) is 0 Å². The van der Waals surface area contributed by atoms with Gasteiger partial charge in [-0.05, 0) is 13.0 Å². The van der Waals surface area contributed by atoms with Gasteiger partial charge in [0.2, 0.25) is 0 Å². The second-order valence-corrected chi connectivity index (χ2v) is 3.95. The summed E-state index contributed by atoms with van der Waals surface area (Å²) in [4.78, 5) is 0. The second kappa shape index (κ2) is 5.50. The zero-order chi connectivity index (χ0) is 12.1. The van der Waals surface area contributed by atoms with Crippen LogP contribution in [0.1, 0.15) is 24.1 Å². The quantitative estimate of drug-likeness (QED) is 0.830. The van der Waals surface area contributed by atoms with Gasteiger partial charge in [-0.15, -0.1) is 0 Å². The van der Waals surface area contributed by atoms with Crippen LogP contribution >= 0.6 is 0 Å². The summed E-state index contributed by atoms with van der Waals surface area (Å²) in [5.41, 5.74) is 2.31. The third-order valence-electron chi connectivity index (χ3n) is 2.77. The molecule has 0 saturated heterocycles. The molecule has 1 heterocycles. The summed E-state index contributed by atoms with van der Waals surface area (Å²) in [5, 5.41) is 10.2. The van der Waals surface area contributed by atoms with Gasteiger partial charge in [0, 0.05) is 29.9 Å². The van der Waals surface area contributed by atoms with Crippen molar-refractivity contribution in [3.05, 3.63) is 47.8 Å². The van der Waals surface area contributed by atoms with Crippen LogP contribution in [0, 0.1) is 0 Å². The lowest BCUT2D eigenvalue weighted by Gasteiger charge is -2.16. The number of aromatic nitrogens is 2. The summed E-state index contributed by atoms with van der Waals surface area (Å²) in [7, 11) is 1.70. The summed E-state index contributed by atoms with van der Waals surface area (Å²) in [6.45, 7) is 2.91. The molecule has 0 saturated carbocycles. The van der Waals surface area contributed by atoms with Crippen molar-refractivity contribution in [2.24, 2.45) is 0 Å². The molecular weight excluding hydrogens is 214 g/mol. The highest BCUT2D eigenvalue weighted by Gasteiger charge is 2.09. The van der Waals surface area contributed by atoms with Crippen molar-refractivity contribution in [3.8, 4) is 5.75 Å². The average molecular weight is 231 g/mol. The van der Waals surface area contributed by atoms with Crippen molar-refractivity contribution in [2.75, 3.05) is 7.11 Å². The van der Waals surface area contributed by atoms with Gasteiger partial charge >= 0.3 is 0 Å². The Balaban J connectivity index is 2.01. The molecule has 90 valence electrons. The fourth-order valence-electron chi connectivity index (χ4n) is 1.78. The van der Waals surface area contributed by atoms with E-state index in [1.54, 1.807) is 7.11 Å². The number of H-pyrrole nitrogens is 1. The van der Waals surface area contributed by atoms with Gasteiger partial charge in [0.25, 0.3) is 0 Å². The molecule has 1 aromatic carbocycles. The standard InChI is InChI=1S/C13H17N3O/c1-10(14-7-11-8-15-16-9-11)12-5-3-4-6-13(12)17-2/h3-6,8-10,14H,7H2,1-2H3,(H,15,16). The van der Waals surface area contributed by atoms with Gasteiger partial charge in [-0.3, -0.25) is 5.10 Å². The van der Waals surface area contributed by atoms with E-state index in [9.17, 15) is 0 Å². The Labute approximate surface area is 101 Å². The number of methoxy groups -OCH3 is 1. The molecule has 0 bridgehead atoms. The fourth-order valence-corrected chi connectivity index (χ4v) is 1.78. The van der Waals surface area contributed by atoms with Crippen LogP contribution in [0.15, 0.2) is 36.7 Å². The Morgan fingerprint density at radius 2 is 2.24 bits per heavy atom. The third-order valence-corrected chi connectivity index (χ3v) is 2.77. The molecule has 1 atom stereocenters. The van der Waals surface area contributed by atoms with Crippen molar-refractivity contribution < 1.29 is 4.74 Å². The van der Waals surface area contributed by atoms with E-state index in [1.165, 1.54) is 5.56 Å². The van der Waals surface area contributed by atoms with Gasteiger partial charge in [-0.2, -0.15) is 5.10 Å². The minimum absolute atomic E-state index is 0.237. The maximum Gasteiger partial charge on any atom is 0.123 e. The molecule has 4 heteroatoms. The zero-order valence-corrected chi connectivity index (χ0v) is 10.1. The Bertz CT molecular complexity index is 453. The first kappa shape index (κ1) is 11.7. The van der Waals surface area contributed by atoms with Crippen LogP contribution in [0.2, 0.25) is 0 Å². The van der Waals surface area contributed by atoms with E-state index in [0.717, 1.165) is 17.9 Å². The van der Waals surface area contributed by atoms with E-state index in [4.69, 9.17) is 4.74 Å². The summed E-state index contributed by atoms with van der Waals surface area (Å²) >= 11 is 0. The van der Waals surface area contributed by atoms with Crippen LogP contribution in [0.25, 0.3) is 0 Å². The molecule has 0 radical (unpaired) electrons. The molecule has 0 fully saturated rings. The van der Waals surface area contributed by atoms with Crippen molar-refractivity contribution in [1.82, 2.24) is 15.5 Å². The largest absolute Gasteiger partial charge is 0.496 e. The highest BCUT2D eigenvalue weighted by molar-refractivity contribution is 5.35. The number of hydrogen-bond acceptors (Lipinski definition) is 3. The molecule has 0 aliphatic heterocycles. The SMILES string of the molecule is COc1ccccc1C(C)NCc1cn[nH]c1. The fraction of sp³-hybridized carbons (Fsp3) is 0.308. The van der Waals surface area contributed by atoms with Gasteiger partial charge in [0.05, 0.1) is 13.3 Å². The lowest BCUT2D eigenvalue weighted by molar-refractivity contribution is 0.401. The Hall–Kier alpha value is -1.81. The van der Waals surface area contributed by atoms with Crippen LogP contribution in [-0.4, -0.2) is 17.3 Å². The smallest absolute Gasteiger partial charge is 0.123 e. The van der Waals surface area contributed by atoms with Crippen LogP contribution < -0.4 is 10.1 Å². The zero-order valence-electron chi connectivity index (χ0n) is 10.1. The van der Waals surface area contributed by atoms with E-state index in [-0.39, 0.29) is 6.04 Å². The molecule has 0 spiro atoms. The van der Waals surface area contributed by atoms with Gasteiger partial charge < -0.3 is 10.1 Å². The van der Waals surface area contributed by atoms with Crippen LogP contribution in [0.4, 0.5) is 0 Å². The number of aromatic amines is 1. The van der Waals surface area contributed by atoms with Crippen molar-refractivity contribution in [1.29, 1.82) is 0 Å². The molecule has 2 aromatic rings. The Morgan fingerprint density at radius 3 is 2.94 bits per heavy atom. The van der Waals surface area contributed by atoms with Crippen LogP contribution in [0.5, 0.6) is 5.75 Å². The molecule has 4 nitrogen and oxygen atoms in total. The number of rotatable bonds is 5. The van der Waals surface area contributed by atoms with Crippen LogP contribution in [0.3, 0.4) is 0 Å². The van der Waals surface area contributed by atoms with E-state index >= 15 is 0 Å². The average Bonchev–Trinajstić information content (AvgIpc) is 2.89. The monoisotopic (exact) mass is 231 g/mol. The predicted octanol–water partition coefficient (Wildman–Crippen LogP) is 2.27. The van der Waals surface area contributed by atoms with Crippen molar-refractivity contribution >= 4 is 0 Å². The number of ether oxygens (including phenoxy) is 1. The molecule has 17 heavy (non-hydrogen) atoms. The minimum Gasteiger partial charge on any atom is -0.496 e. The number of nitrogens with zero attached hydrogens (tertiary/aromatic N) is 1. The molecule has 2 rings (SSSR count). The summed E-state index contributed by atoms with van der Waals surface area (Å²) in [6, 6.07) is 8.29. The van der Waals surface area contributed by atoms with Gasteiger partial charge in [0.15, 0.2) is 0 Å². The van der Waals surface area contributed by atoms with Gasteiger partial charge in [-0.1, -0.05) is 18.2 Å². The first-order chi connectivity index (χ1) is 8.31. The van der Waals surface area contributed by atoms with E-state index < -0.39 is 0 Å². The molecule has 0 amide bonds. The predicted molar refractivity (Wildman–Crippen MR) is 66.8 cm³/mol. The van der Waals surface area contributed by atoms with Crippen LogP contribution in [-0.2, 0) is 6.54 Å². The molecule has 1 aromatic heterocycles. The lowest BCUT2D eigenvalue weighted by atomic mass is 10.1. The van der Waals surface area contributed by atoms with Crippen molar-refractivity contribution in [3.63, 3.8) is 0 Å². The maximum absolute atomic E-state index is 5.34. The number of benzene rings is 1. The summed E-state index contributed by atoms with van der Waals surface area (Å²) in [6.07, 6.45) is 3.71. The van der Waals surface area contributed by atoms with Crippen molar-refractivity contribution in [2.45, 2.75) is 19.5 Å². The Kier molecular flexibility index (Phi) is 3.77. The highest BCUT2D eigenvalue weighted by atomic mass is 16.5. The highest BCUT2D eigenvalue weighted by Crippen LogP contribution is 2.24. The number of para-hydroxylation sites is 1. The Morgan fingerprint density at radius 1 is 1.41 bits per heavy atom. The van der Waals surface area contributed by atoms with E-state index in [2.05, 4.69) is 28.5 Å². The first-order valence-electron chi connectivity index (χ1n) is 5.65.